The molecule has 1 atom stereocenters. The van der Waals surface area contributed by atoms with Crippen molar-refractivity contribution in [1.29, 1.82) is 0 Å². The number of benzene rings is 2. The Morgan fingerprint density at radius 1 is 1.13 bits per heavy atom. The van der Waals surface area contributed by atoms with Crippen molar-refractivity contribution in [2.45, 2.75) is 58.1 Å². The van der Waals surface area contributed by atoms with Gasteiger partial charge >= 0.3 is 6.03 Å². The highest BCUT2D eigenvalue weighted by atomic mass is 16.5. The lowest BCUT2D eigenvalue weighted by atomic mass is 9.99. The van der Waals surface area contributed by atoms with Crippen LogP contribution in [0.2, 0.25) is 0 Å². The van der Waals surface area contributed by atoms with E-state index in [2.05, 4.69) is 5.32 Å². The molecule has 2 aliphatic rings. The molecule has 30 heavy (non-hydrogen) atoms. The quantitative estimate of drug-likeness (QED) is 0.589. The lowest BCUT2D eigenvalue weighted by Crippen LogP contribution is -2.57. The van der Waals surface area contributed by atoms with E-state index in [9.17, 15) is 14.4 Å². The summed E-state index contributed by atoms with van der Waals surface area (Å²) in [5.74, 6) is -0.583. The summed E-state index contributed by atoms with van der Waals surface area (Å²) >= 11 is 0. The minimum atomic E-state index is -0.665. The van der Waals surface area contributed by atoms with Gasteiger partial charge in [0.2, 0.25) is 0 Å². The number of hydrogen-bond donors (Lipinski definition) is 1. The van der Waals surface area contributed by atoms with E-state index in [-0.39, 0.29) is 17.7 Å². The van der Waals surface area contributed by atoms with E-state index in [1.807, 2.05) is 50.2 Å². The molecule has 1 aliphatic carbocycles. The molecule has 1 heterocycles. The molecular formula is C24H26N2O4. The van der Waals surface area contributed by atoms with Crippen LogP contribution in [0.4, 0.5) is 4.79 Å². The summed E-state index contributed by atoms with van der Waals surface area (Å²) in [7, 11) is 0. The maximum atomic E-state index is 13.2. The van der Waals surface area contributed by atoms with Crippen LogP contribution in [0.1, 0.15) is 51.5 Å². The van der Waals surface area contributed by atoms with Crippen molar-refractivity contribution in [3.05, 3.63) is 47.5 Å². The normalized spacial score (nSPS) is 20.1. The van der Waals surface area contributed by atoms with E-state index in [0.717, 1.165) is 42.9 Å². The minimum absolute atomic E-state index is 0.0178. The maximum absolute atomic E-state index is 13.2. The van der Waals surface area contributed by atoms with Gasteiger partial charge in [0, 0.05) is 11.6 Å². The van der Waals surface area contributed by atoms with Crippen LogP contribution in [0, 0.1) is 0 Å². The number of hydrogen-bond acceptors (Lipinski definition) is 4. The molecule has 4 rings (SSSR count). The number of fused-ring (bicyclic) bond motifs is 1. The minimum Gasteiger partial charge on any atom is -0.490 e. The van der Waals surface area contributed by atoms with Gasteiger partial charge in [0.05, 0.1) is 6.10 Å². The summed E-state index contributed by atoms with van der Waals surface area (Å²) in [4.78, 5) is 39.4. The van der Waals surface area contributed by atoms with Gasteiger partial charge in [0.25, 0.3) is 11.8 Å². The number of ether oxygens (including phenoxy) is 1. The second-order valence-electron chi connectivity index (χ2n) is 7.97. The number of rotatable bonds is 5. The molecule has 2 aromatic carbocycles. The van der Waals surface area contributed by atoms with Crippen LogP contribution in [0.3, 0.4) is 0 Å². The van der Waals surface area contributed by atoms with Crippen molar-refractivity contribution in [2.75, 3.05) is 0 Å². The third-order valence-electron chi connectivity index (χ3n) is 5.95. The lowest BCUT2D eigenvalue weighted by Gasteiger charge is -2.31. The Morgan fingerprint density at radius 3 is 2.60 bits per heavy atom. The Kier molecular flexibility index (Phi) is 5.57. The number of carbonyl (C=O) groups excluding carboxylic acids is 3. The van der Waals surface area contributed by atoms with Crippen molar-refractivity contribution in [3.8, 4) is 5.75 Å². The average molecular weight is 406 g/mol. The summed E-state index contributed by atoms with van der Waals surface area (Å²) in [5.41, 5.74) is 0.638. The first-order chi connectivity index (χ1) is 14.5. The molecule has 1 saturated heterocycles. The molecule has 1 aliphatic heterocycles. The molecule has 0 aromatic heterocycles. The van der Waals surface area contributed by atoms with Crippen LogP contribution in [0.5, 0.6) is 5.75 Å². The third-order valence-corrected chi connectivity index (χ3v) is 5.95. The molecule has 1 saturated carbocycles. The maximum Gasteiger partial charge on any atom is 0.331 e. The van der Waals surface area contributed by atoms with E-state index in [0.29, 0.717) is 11.3 Å². The molecule has 4 amide bonds. The summed E-state index contributed by atoms with van der Waals surface area (Å²) < 4.78 is 6.09. The van der Waals surface area contributed by atoms with Crippen LogP contribution < -0.4 is 10.1 Å². The van der Waals surface area contributed by atoms with Gasteiger partial charge in [-0.2, -0.15) is 0 Å². The summed E-state index contributed by atoms with van der Waals surface area (Å²) in [6.07, 6.45) is 5.89. The van der Waals surface area contributed by atoms with Crippen LogP contribution in [-0.2, 0) is 9.59 Å². The second kappa shape index (κ2) is 8.30. The first-order valence-corrected chi connectivity index (χ1v) is 10.6. The lowest BCUT2D eigenvalue weighted by molar-refractivity contribution is -0.131. The van der Waals surface area contributed by atoms with Crippen molar-refractivity contribution >= 4 is 34.7 Å². The van der Waals surface area contributed by atoms with Crippen LogP contribution in [0.25, 0.3) is 16.8 Å². The zero-order valence-corrected chi connectivity index (χ0v) is 17.3. The average Bonchev–Trinajstić information content (AvgIpc) is 3.26. The highest BCUT2D eigenvalue weighted by Gasteiger charge is 2.40. The molecule has 0 spiro atoms. The van der Waals surface area contributed by atoms with E-state index in [1.54, 1.807) is 6.08 Å². The van der Waals surface area contributed by atoms with Gasteiger partial charge in [-0.15, -0.1) is 0 Å². The zero-order valence-electron chi connectivity index (χ0n) is 17.3. The fourth-order valence-electron chi connectivity index (χ4n) is 4.14. The Bertz CT molecular complexity index is 1040. The van der Waals surface area contributed by atoms with Gasteiger partial charge in [-0.05, 0) is 49.1 Å². The third kappa shape index (κ3) is 3.70. The molecule has 6 heteroatoms. The molecule has 2 fully saturated rings. The van der Waals surface area contributed by atoms with Crippen molar-refractivity contribution < 1.29 is 19.1 Å². The highest BCUT2D eigenvalue weighted by molar-refractivity contribution is 6.31. The predicted molar refractivity (Wildman–Crippen MR) is 115 cm³/mol. The number of nitrogens with zero attached hydrogens (tertiary/aromatic N) is 1. The second-order valence-corrected chi connectivity index (χ2v) is 7.97. The molecule has 6 nitrogen and oxygen atoms in total. The Labute approximate surface area is 175 Å². The van der Waals surface area contributed by atoms with Crippen molar-refractivity contribution in [1.82, 2.24) is 10.2 Å². The molecule has 0 unspecified atom stereocenters. The Hall–Kier alpha value is -3.15. The van der Waals surface area contributed by atoms with Gasteiger partial charge in [0.15, 0.2) is 0 Å². The number of carbonyl (C=O) groups is 3. The fourth-order valence-corrected chi connectivity index (χ4v) is 4.14. The molecule has 0 bridgehead atoms. The molecule has 2 aromatic rings. The summed E-state index contributed by atoms with van der Waals surface area (Å²) in [6, 6.07) is 10.8. The standard InChI is InChI=1S/C24H26N2O4/c1-3-15(2)30-21-13-12-16-8-4-7-11-18(16)19(21)14-20-22(27)25-24(29)26(23(20)28)17-9-5-6-10-17/h4,7-8,11-15,17H,3,5-6,9-10H2,1-2H3,(H,25,27,29)/b20-14+/t15-/m0/s1. The topological polar surface area (TPSA) is 75.7 Å². The van der Waals surface area contributed by atoms with Crippen LogP contribution in [-0.4, -0.2) is 34.9 Å². The van der Waals surface area contributed by atoms with E-state index < -0.39 is 17.8 Å². The SMILES string of the molecule is CC[C@H](C)Oc1ccc2ccccc2c1/C=C1\C(=O)NC(=O)N(C2CCCC2)C1=O. The largest absolute Gasteiger partial charge is 0.490 e. The highest BCUT2D eigenvalue weighted by Crippen LogP contribution is 2.33. The number of amides is 4. The smallest absolute Gasteiger partial charge is 0.331 e. The van der Waals surface area contributed by atoms with Gasteiger partial charge in [-0.3, -0.25) is 19.8 Å². The Morgan fingerprint density at radius 2 is 1.87 bits per heavy atom. The molecule has 0 radical (unpaired) electrons. The van der Waals surface area contributed by atoms with E-state index in [4.69, 9.17) is 4.74 Å². The Balaban J connectivity index is 1.82. The summed E-state index contributed by atoms with van der Waals surface area (Å²) in [5, 5.41) is 4.21. The number of barbiturate groups is 1. The van der Waals surface area contributed by atoms with Gasteiger partial charge in [0.1, 0.15) is 11.3 Å². The molecule has 156 valence electrons. The molecule has 1 N–H and O–H groups in total. The van der Waals surface area contributed by atoms with E-state index >= 15 is 0 Å². The predicted octanol–water partition coefficient (Wildman–Crippen LogP) is 4.42. The number of urea groups is 1. The van der Waals surface area contributed by atoms with Crippen LogP contribution in [0.15, 0.2) is 42.0 Å². The summed E-state index contributed by atoms with van der Waals surface area (Å²) in [6.45, 7) is 4.01. The number of nitrogens with one attached hydrogen (secondary N) is 1. The number of imide groups is 2. The molecular weight excluding hydrogens is 380 g/mol. The van der Waals surface area contributed by atoms with Crippen molar-refractivity contribution in [2.24, 2.45) is 0 Å². The monoisotopic (exact) mass is 406 g/mol. The fraction of sp³-hybridized carbons (Fsp3) is 0.375. The first-order valence-electron chi connectivity index (χ1n) is 10.6. The van der Waals surface area contributed by atoms with Crippen molar-refractivity contribution in [3.63, 3.8) is 0 Å². The zero-order chi connectivity index (χ0) is 21.3. The van der Waals surface area contributed by atoms with E-state index in [1.165, 1.54) is 4.90 Å². The van der Waals surface area contributed by atoms with Crippen LogP contribution >= 0.6 is 0 Å². The van der Waals surface area contributed by atoms with Gasteiger partial charge < -0.3 is 4.74 Å². The first kappa shape index (κ1) is 20.1. The van der Waals surface area contributed by atoms with Gasteiger partial charge in [-0.1, -0.05) is 50.1 Å². The van der Waals surface area contributed by atoms with Gasteiger partial charge in [-0.25, -0.2) is 4.79 Å².